The Morgan fingerprint density at radius 3 is 2.48 bits per heavy atom. The van der Waals surface area contributed by atoms with Gasteiger partial charge in [-0.2, -0.15) is 0 Å². The van der Waals surface area contributed by atoms with Gasteiger partial charge in [0.15, 0.2) is 0 Å². The summed E-state index contributed by atoms with van der Waals surface area (Å²) in [5.41, 5.74) is 0. The van der Waals surface area contributed by atoms with Crippen molar-refractivity contribution >= 4 is 33.2 Å². The summed E-state index contributed by atoms with van der Waals surface area (Å²) < 4.78 is 27.5. The Balaban J connectivity index is 1.95. The van der Waals surface area contributed by atoms with Gasteiger partial charge in [-0.3, -0.25) is 4.90 Å². The number of hydrogen-bond donors (Lipinski definition) is 1. The van der Waals surface area contributed by atoms with E-state index >= 15 is 0 Å². The number of benzene rings is 1. The van der Waals surface area contributed by atoms with Crippen LogP contribution in [0.2, 0.25) is 10.0 Å². The van der Waals surface area contributed by atoms with Crippen LogP contribution in [0.3, 0.4) is 0 Å². The highest BCUT2D eigenvalue weighted by atomic mass is 35.5. The molecule has 1 N–H and O–H groups in total. The van der Waals surface area contributed by atoms with Gasteiger partial charge in [-0.15, -0.1) is 0 Å². The van der Waals surface area contributed by atoms with Gasteiger partial charge in [0, 0.05) is 43.8 Å². The van der Waals surface area contributed by atoms with Gasteiger partial charge < -0.3 is 4.90 Å². The van der Waals surface area contributed by atoms with E-state index in [0.717, 1.165) is 32.7 Å². The van der Waals surface area contributed by atoms with Crippen molar-refractivity contribution in [3.8, 4) is 0 Å². The summed E-state index contributed by atoms with van der Waals surface area (Å²) in [4.78, 5) is 4.71. The predicted octanol–water partition coefficient (Wildman–Crippen LogP) is 2.30. The molecule has 1 saturated heterocycles. The molecule has 0 saturated carbocycles. The summed E-state index contributed by atoms with van der Waals surface area (Å²) in [5, 5.41) is 0.518. The summed E-state index contributed by atoms with van der Waals surface area (Å²) in [6.07, 6.45) is 0. The van der Waals surface area contributed by atoms with Gasteiger partial charge in [0.1, 0.15) is 4.90 Å². The van der Waals surface area contributed by atoms with E-state index in [1.54, 1.807) is 6.07 Å². The zero-order chi connectivity index (χ0) is 17.0. The average molecular weight is 380 g/mol. The maximum atomic E-state index is 12.4. The van der Waals surface area contributed by atoms with Crippen molar-refractivity contribution in [3.05, 3.63) is 28.2 Å². The second-order valence-electron chi connectivity index (χ2n) is 5.75. The zero-order valence-electron chi connectivity index (χ0n) is 13.4. The van der Waals surface area contributed by atoms with Gasteiger partial charge in [-0.1, -0.05) is 30.1 Å². The third-order valence-electron chi connectivity index (χ3n) is 4.23. The maximum Gasteiger partial charge on any atom is 0.242 e. The second-order valence-corrected chi connectivity index (χ2v) is 8.32. The van der Waals surface area contributed by atoms with Gasteiger partial charge >= 0.3 is 0 Å². The van der Waals surface area contributed by atoms with E-state index in [2.05, 4.69) is 21.4 Å². The second kappa shape index (κ2) is 8.14. The van der Waals surface area contributed by atoms with Crippen LogP contribution in [0.4, 0.5) is 0 Å². The van der Waals surface area contributed by atoms with Gasteiger partial charge in [0.25, 0.3) is 0 Å². The Morgan fingerprint density at radius 2 is 1.87 bits per heavy atom. The standard InChI is InChI=1S/C15H23Cl2N3O2S/c1-3-19-6-8-20(9-7-19)12(2)11-18-23(21,22)15-10-13(16)4-5-14(15)17/h4-5,10,12,18H,3,6-9,11H2,1-2H3. The van der Waals surface area contributed by atoms with Crippen molar-refractivity contribution in [1.82, 2.24) is 14.5 Å². The minimum absolute atomic E-state index is 0.0228. The number of hydrogen-bond acceptors (Lipinski definition) is 4. The van der Waals surface area contributed by atoms with Crippen LogP contribution in [0.25, 0.3) is 0 Å². The molecule has 1 atom stereocenters. The van der Waals surface area contributed by atoms with Crippen LogP contribution in [-0.4, -0.2) is 63.5 Å². The molecule has 130 valence electrons. The molecule has 23 heavy (non-hydrogen) atoms. The fourth-order valence-electron chi connectivity index (χ4n) is 2.64. The molecule has 0 radical (unpaired) electrons. The molecule has 2 rings (SSSR count). The van der Waals surface area contributed by atoms with Gasteiger partial charge in [0.2, 0.25) is 10.0 Å². The van der Waals surface area contributed by atoms with Crippen LogP contribution in [0.1, 0.15) is 13.8 Å². The molecule has 1 aliphatic heterocycles. The normalized spacial score (nSPS) is 19.0. The molecule has 1 unspecified atom stereocenters. The van der Waals surface area contributed by atoms with Crippen LogP contribution in [-0.2, 0) is 10.0 Å². The van der Waals surface area contributed by atoms with Gasteiger partial charge in [-0.05, 0) is 31.7 Å². The molecule has 1 fully saturated rings. The molecule has 1 aromatic rings. The lowest BCUT2D eigenvalue weighted by Crippen LogP contribution is -2.52. The van der Waals surface area contributed by atoms with Crippen LogP contribution >= 0.6 is 23.2 Å². The van der Waals surface area contributed by atoms with E-state index in [0.29, 0.717) is 11.6 Å². The number of likely N-dealkylation sites (N-methyl/N-ethyl adjacent to an activating group) is 1. The Labute approximate surface area is 148 Å². The average Bonchev–Trinajstić information content (AvgIpc) is 2.55. The Morgan fingerprint density at radius 1 is 1.22 bits per heavy atom. The molecular weight excluding hydrogens is 357 g/mol. The van der Waals surface area contributed by atoms with Crippen molar-refractivity contribution in [2.24, 2.45) is 0 Å². The summed E-state index contributed by atoms with van der Waals surface area (Å²) in [7, 11) is -3.67. The van der Waals surface area contributed by atoms with Crippen LogP contribution in [0, 0.1) is 0 Å². The van der Waals surface area contributed by atoms with E-state index in [-0.39, 0.29) is 16.0 Å². The maximum absolute atomic E-state index is 12.4. The molecule has 1 heterocycles. The van der Waals surface area contributed by atoms with E-state index in [4.69, 9.17) is 23.2 Å². The highest BCUT2D eigenvalue weighted by Crippen LogP contribution is 2.24. The largest absolute Gasteiger partial charge is 0.301 e. The summed E-state index contributed by atoms with van der Waals surface area (Å²) >= 11 is 11.9. The number of sulfonamides is 1. The highest BCUT2D eigenvalue weighted by molar-refractivity contribution is 7.89. The number of nitrogens with zero attached hydrogens (tertiary/aromatic N) is 2. The first-order chi connectivity index (χ1) is 10.8. The molecule has 0 spiro atoms. The fourth-order valence-corrected chi connectivity index (χ4v) is 4.52. The van der Waals surface area contributed by atoms with Crippen molar-refractivity contribution in [3.63, 3.8) is 0 Å². The van der Waals surface area contributed by atoms with E-state index in [9.17, 15) is 8.42 Å². The molecule has 1 aliphatic rings. The summed E-state index contributed by atoms with van der Waals surface area (Å²) in [6.45, 7) is 9.54. The summed E-state index contributed by atoms with van der Waals surface area (Å²) in [6, 6.07) is 4.56. The minimum Gasteiger partial charge on any atom is -0.301 e. The summed E-state index contributed by atoms with van der Waals surface area (Å²) in [5.74, 6) is 0. The van der Waals surface area contributed by atoms with Crippen molar-refractivity contribution < 1.29 is 8.42 Å². The van der Waals surface area contributed by atoms with E-state index in [1.165, 1.54) is 12.1 Å². The fraction of sp³-hybridized carbons (Fsp3) is 0.600. The van der Waals surface area contributed by atoms with E-state index in [1.807, 2.05) is 6.92 Å². The molecule has 0 aromatic heterocycles. The monoisotopic (exact) mass is 379 g/mol. The topological polar surface area (TPSA) is 52.6 Å². The third kappa shape index (κ3) is 5.05. The number of nitrogens with one attached hydrogen (secondary N) is 1. The highest BCUT2D eigenvalue weighted by Gasteiger charge is 2.23. The van der Waals surface area contributed by atoms with Gasteiger partial charge in [0.05, 0.1) is 5.02 Å². The first kappa shape index (κ1) is 19.0. The number of rotatable bonds is 6. The van der Waals surface area contributed by atoms with E-state index < -0.39 is 10.0 Å². The third-order valence-corrected chi connectivity index (χ3v) is 6.37. The van der Waals surface area contributed by atoms with Crippen LogP contribution < -0.4 is 4.72 Å². The molecule has 0 bridgehead atoms. The number of halogens is 2. The van der Waals surface area contributed by atoms with Gasteiger partial charge in [-0.25, -0.2) is 13.1 Å². The lowest BCUT2D eigenvalue weighted by atomic mass is 10.2. The molecule has 5 nitrogen and oxygen atoms in total. The lowest BCUT2D eigenvalue weighted by molar-refractivity contribution is 0.107. The first-order valence-electron chi connectivity index (χ1n) is 7.74. The Kier molecular flexibility index (Phi) is 6.71. The molecule has 0 amide bonds. The molecule has 0 aliphatic carbocycles. The quantitative estimate of drug-likeness (QED) is 0.823. The SMILES string of the molecule is CCN1CCN(C(C)CNS(=O)(=O)c2cc(Cl)ccc2Cl)CC1. The lowest BCUT2D eigenvalue weighted by Gasteiger charge is -2.37. The smallest absolute Gasteiger partial charge is 0.242 e. The molecular formula is C15H23Cl2N3O2S. The van der Waals surface area contributed by atoms with Crippen molar-refractivity contribution in [2.45, 2.75) is 24.8 Å². The van der Waals surface area contributed by atoms with Crippen LogP contribution in [0.5, 0.6) is 0 Å². The van der Waals surface area contributed by atoms with Crippen LogP contribution in [0.15, 0.2) is 23.1 Å². The zero-order valence-corrected chi connectivity index (χ0v) is 15.8. The molecule has 1 aromatic carbocycles. The van der Waals surface area contributed by atoms with Crippen molar-refractivity contribution in [1.29, 1.82) is 0 Å². The van der Waals surface area contributed by atoms with Crippen molar-refractivity contribution in [2.75, 3.05) is 39.3 Å². The first-order valence-corrected chi connectivity index (χ1v) is 9.98. The Bertz CT molecular complexity index is 632. The predicted molar refractivity (Wildman–Crippen MR) is 94.8 cm³/mol. The molecule has 8 heteroatoms. The Hall–Kier alpha value is -0.370. The minimum atomic E-state index is -3.67. The number of piperazine rings is 1.